The van der Waals surface area contributed by atoms with E-state index in [1.54, 1.807) is 6.92 Å². The molecule has 9 nitrogen and oxygen atoms in total. The summed E-state index contributed by atoms with van der Waals surface area (Å²) in [6, 6.07) is 0. The van der Waals surface area contributed by atoms with Gasteiger partial charge in [0.05, 0.1) is 6.61 Å². The summed E-state index contributed by atoms with van der Waals surface area (Å²) in [5.74, 6) is -0.583. The van der Waals surface area contributed by atoms with E-state index in [1.165, 1.54) is 17.9 Å². The molecule has 9 heteroatoms. The van der Waals surface area contributed by atoms with Crippen LogP contribution in [-0.2, 0) is 19.0 Å². The first-order valence-corrected chi connectivity index (χ1v) is 6.73. The van der Waals surface area contributed by atoms with Gasteiger partial charge in [0.2, 0.25) is 0 Å². The number of rotatable bonds is 5. The topological polar surface area (TPSA) is 120 Å². The largest absolute Gasteiger partial charge is 0.458 e. The van der Waals surface area contributed by atoms with Crippen LogP contribution in [0.25, 0.3) is 0 Å². The van der Waals surface area contributed by atoms with Crippen LogP contribution in [0.5, 0.6) is 0 Å². The number of hydrogen-bond acceptors (Lipinski definition) is 7. The average molecular weight is 314 g/mol. The third kappa shape index (κ3) is 3.43. The van der Waals surface area contributed by atoms with Crippen LogP contribution in [0.2, 0.25) is 0 Å². The number of nitrogens with zero attached hydrogens (tertiary/aromatic N) is 1. The van der Waals surface area contributed by atoms with E-state index in [2.05, 4.69) is 9.72 Å². The number of carbonyl (C=O) groups is 1. The lowest BCUT2D eigenvalue weighted by molar-refractivity contribution is -0.157. The number of esters is 1. The standard InChI is InChI=1S/C13H18N2O7/c1-7-4-15(13(19)14-12(7)18)10-3-8(9(5-16)21-10)22-11(17)6-20-2/h4,8-10,16H,3,5-6H2,1-2H3,(H,14,18,19)/t8?,9-,10-/m1/s1. The number of aromatic nitrogens is 2. The van der Waals surface area contributed by atoms with Crippen molar-refractivity contribution < 1.29 is 24.1 Å². The summed E-state index contributed by atoms with van der Waals surface area (Å²) in [7, 11) is 1.36. The molecule has 1 fully saturated rings. The Bertz CT molecular complexity index is 651. The van der Waals surface area contributed by atoms with Crippen molar-refractivity contribution in [3.63, 3.8) is 0 Å². The van der Waals surface area contributed by atoms with Gasteiger partial charge in [0.25, 0.3) is 5.56 Å². The summed E-state index contributed by atoms with van der Waals surface area (Å²) in [6.07, 6.45) is -0.617. The van der Waals surface area contributed by atoms with Crippen LogP contribution < -0.4 is 11.2 Å². The highest BCUT2D eigenvalue weighted by Gasteiger charge is 2.38. The molecule has 1 aliphatic heterocycles. The zero-order chi connectivity index (χ0) is 16.3. The highest BCUT2D eigenvalue weighted by molar-refractivity contribution is 5.70. The maximum absolute atomic E-state index is 11.8. The molecule has 122 valence electrons. The summed E-state index contributed by atoms with van der Waals surface area (Å²) in [5, 5.41) is 9.32. The minimum atomic E-state index is -0.745. The Morgan fingerprint density at radius 1 is 1.55 bits per heavy atom. The molecule has 0 saturated carbocycles. The summed E-state index contributed by atoms with van der Waals surface area (Å²) < 4.78 is 16.6. The number of aliphatic hydroxyl groups is 1. The number of aliphatic hydroxyl groups excluding tert-OH is 1. The smallest absolute Gasteiger partial charge is 0.332 e. The molecule has 0 aromatic carbocycles. The Morgan fingerprint density at radius 2 is 2.27 bits per heavy atom. The Balaban J connectivity index is 2.18. The van der Waals surface area contributed by atoms with Gasteiger partial charge in [-0.3, -0.25) is 14.3 Å². The maximum Gasteiger partial charge on any atom is 0.332 e. The number of methoxy groups -OCH3 is 1. The molecule has 1 unspecified atom stereocenters. The van der Waals surface area contributed by atoms with E-state index in [4.69, 9.17) is 9.47 Å². The third-order valence-electron chi connectivity index (χ3n) is 3.36. The fourth-order valence-corrected chi connectivity index (χ4v) is 2.28. The lowest BCUT2D eigenvalue weighted by Crippen LogP contribution is -2.33. The van der Waals surface area contributed by atoms with Gasteiger partial charge in [-0.25, -0.2) is 9.59 Å². The van der Waals surface area contributed by atoms with E-state index >= 15 is 0 Å². The number of ether oxygens (including phenoxy) is 3. The molecule has 0 radical (unpaired) electrons. The van der Waals surface area contributed by atoms with Crippen molar-refractivity contribution in [2.45, 2.75) is 31.8 Å². The first-order chi connectivity index (χ1) is 10.5. The van der Waals surface area contributed by atoms with Crippen molar-refractivity contribution in [3.8, 4) is 0 Å². The highest BCUT2D eigenvalue weighted by Crippen LogP contribution is 2.29. The molecule has 1 saturated heterocycles. The van der Waals surface area contributed by atoms with Crippen molar-refractivity contribution in [3.05, 3.63) is 32.6 Å². The Hall–Kier alpha value is -1.97. The quantitative estimate of drug-likeness (QED) is 0.647. The Morgan fingerprint density at radius 3 is 2.91 bits per heavy atom. The van der Waals surface area contributed by atoms with Gasteiger partial charge in [0.15, 0.2) is 0 Å². The van der Waals surface area contributed by atoms with Gasteiger partial charge in [0.1, 0.15) is 25.0 Å². The van der Waals surface area contributed by atoms with E-state index in [9.17, 15) is 19.5 Å². The first kappa shape index (κ1) is 16.4. The van der Waals surface area contributed by atoms with Crippen molar-refractivity contribution >= 4 is 5.97 Å². The Labute approximate surface area is 125 Å². The van der Waals surface area contributed by atoms with Crippen LogP contribution in [0.3, 0.4) is 0 Å². The van der Waals surface area contributed by atoms with Gasteiger partial charge in [-0.1, -0.05) is 0 Å². The van der Waals surface area contributed by atoms with Crippen molar-refractivity contribution in [2.24, 2.45) is 0 Å². The highest BCUT2D eigenvalue weighted by atomic mass is 16.6. The summed E-state index contributed by atoms with van der Waals surface area (Å²) in [6.45, 7) is 0.985. The molecule has 2 heterocycles. The van der Waals surface area contributed by atoms with Crippen LogP contribution in [0, 0.1) is 6.92 Å². The molecule has 1 aromatic heterocycles. The molecule has 0 spiro atoms. The van der Waals surface area contributed by atoms with Gasteiger partial charge >= 0.3 is 11.7 Å². The van der Waals surface area contributed by atoms with Crippen LogP contribution >= 0.6 is 0 Å². The molecule has 0 bridgehead atoms. The second-order valence-electron chi connectivity index (χ2n) is 4.99. The molecule has 3 atom stereocenters. The van der Waals surface area contributed by atoms with E-state index < -0.39 is 35.7 Å². The second kappa shape index (κ2) is 6.86. The minimum Gasteiger partial charge on any atom is -0.458 e. The fraction of sp³-hybridized carbons (Fsp3) is 0.615. The number of H-pyrrole nitrogens is 1. The first-order valence-electron chi connectivity index (χ1n) is 6.73. The predicted molar refractivity (Wildman–Crippen MR) is 73.4 cm³/mol. The fourth-order valence-electron chi connectivity index (χ4n) is 2.28. The molecule has 1 aromatic rings. The van der Waals surface area contributed by atoms with Gasteiger partial charge in [-0.05, 0) is 6.92 Å². The second-order valence-corrected chi connectivity index (χ2v) is 4.99. The zero-order valence-corrected chi connectivity index (χ0v) is 12.3. The van der Waals surface area contributed by atoms with Crippen LogP contribution in [0.1, 0.15) is 18.2 Å². The summed E-state index contributed by atoms with van der Waals surface area (Å²) in [5.41, 5.74) is -0.745. The minimum absolute atomic E-state index is 0.187. The predicted octanol–water partition coefficient (Wildman–Crippen LogP) is -1.32. The monoisotopic (exact) mass is 314 g/mol. The summed E-state index contributed by atoms with van der Waals surface area (Å²) >= 11 is 0. The molecule has 2 N–H and O–H groups in total. The third-order valence-corrected chi connectivity index (χ3v) is 3.36. The van der Waals surface area contributed by atoms with E-state index in [0.29, 0.717) is 5.56 Å². The normalized spacial score (nSPS) is 24.4. The van der Waals surface area contributed by atoms with Crippen molar-refractivity contribution in [1.82, 2.24) is 9.55 Å². The van der Waals surface area contributed by atoms with Crippen molar-refractivity contribution in [2.75, 3.05) is 20.3 Å². The average Bonchev–Trinajstić information content (AvgIpc) is 2.85. The molecule has 2 rings (SSSR count). The number of aromatic amines is 1. The lowest BCUT2D eigenvalue weighted by atomic mass is 10.2. The van der Waals surface area contributed by atoms with Gasteiger partial charge < -0.3 is 19.3 Å². The van der Waals surface area contributed by atoms with Crippen LogP contribution in [0.15, 0.2) is 15.8 Å². The number of hydrogen-bond donors (Lipinski definition) is 2. The van der Waals surface area contributed by atoms with E-state index in [1.807, 2.05) is 0 Å². The SMILES string of the molecule is COCC(=O)OC1C[C@H](n2cc(C)c(=O)[nH]c2=O)O[C@@H]1CO. The molecular formula is C13H18N2O7. The molecule has 0 amide bonds. The van der Waals surface area contributed by atoms with Crippen LogP contribution in [0.4, 0.5) is 0 Å². The molecule has 0 aliphatic carbocycles. The number of nitrogens with one attached hydrogen (secondary N) is 1. The number of carbonyl (C=O) groups excluding carboxylic acids is 1. The molecule has 1 aliphatic rings. The van der Waals surface area contributed by atoms with Gasteiger partial charge in [0, 0.05) is 25.3 Å². The molecular weight excluding hydrogens is 296 g/mol. The van der Waals surface area contributed by atoms with E-state index in [-0.39, 0.29) is 19.6 Å². The van der Waals surface area contributed by atoms with E-state index in [0.717, 1.165) is 0 Å². The summed E-state index contributed by atoms with van der Waals surface area (Å²) in [4.78, 5) is 36.9. The van der Waals surface area contributed by atoms with Crippen LogP contribution in [-0.4, -0.2) is 53.2 Å². The lowest BCUT2D eigenvalue weighted by Gasteiger charge is -2.16. The zero-order valence-electron chi connectivity index (χ0n) is 12.3. The molecule has 22 heavy (non-hydrogen) atoms. The maximum atomic E-state index is 11.8. The van der Waals surface area contributed by atoms with Gasteiger partial charge in [-0.2, -0.15) is 0 Å². The van der Waals surface area contributed by atoms with Gasteiger partial charge in [-0.15, -0.1) is 0 Å². The number of aryl methyl sites for hydroxylation is 1. The Kier molecular flexibility index (Phi) is 5.11. The van der Waals surface area contributed by atoms with Crippen molar-refractivity contribution in [1.29, 1.82) is 0 Å².